The molecule has 1 aromatic rings. The maximum atomic E-state index is 12.7. The Morgan fingerprint density at radius 2 is 1.93 bits per heavy atom. The summed E-state index contributed by atoms with van der Waals surface area (Å²) in [7, 11) is 0. The van der Waals surface area contributed by atoms with Gasteiger partial charge in [-0.1, -0.05) is 12.8 Å². The summed E-state index contributed by atoms with van der Waals surface area (Å²) in [6.45, 7) is -1.70. The summed E-state index contributed by atoms with van der Waals surface area (Å²) >= 11 is 0. The van der Waals surface area contributed by atoms with Gasteiger partial charge in [-0.3, -0.25) is 9.59 Å². The van der Waals surface area contributed by atoms with Crippen molar-refractivity contribution in [3.8, 4) is 5.75 Å². The average molecular weight is 383 g/mol. The summed E-state index contributed by atoms with van der Waals surface area (Å²) < 4.78 is 28.8. The molecule has 8 heteroatoms. The molecule has 150 valence electrons. The molecule has 1 aliphatic heterocycles. The molecule has 1 aromatic carbocycles. The van der Waals surface area contributed by atoms with Crippen LogP contribution in [0.4, 0.5) is 14.5 Å². The number of benzene rings is 1. The fourth-order valence-corrected chi connectivity index (χ4v) is 3.12. The molecular formula is C19H27F2N3O3. The van der Waals surface area contributed by atoms with Gasteiger partial charge in [-0.25, -0.2) is 0 Å². The Morgan fingerprint density at radius 1 is 1.22 bits per heavy atom. The lowest BCUT2D eigenvalue weighted by Gasteiger charge is -2.32. The van der Waals surface area contributed by atoms with Gasteiger partial charge in [0.05, 0.1) is 0 Å². The number of amides is 2. The maximum Gasteiger partial charge on any atom is 0.387 e. The summed E-state index contributed by atoms with van der Waals surface area (Å²) in [5.41, 5.74) is 6.04. The lowest BCUT2D eigenvalue weighted by molar-refractivity contribution is -0.128. The van der Waals surface area contributed by atoms with E-state index in [1.165, 1.54) is 12.1 Å². The van der Waals surface area contributed by atoms with E-state index in [4.69, 9.17) is 5.73 Å². The van der Waals surface area contributed by atoms with Crippen molar-refractivity contribution < 1.29 is 23.1 Å². The smallest absolute Gasteiger partial charge is 0.387 e. The van der Waals surface area contributed by atoms with Crippen molar-refractivity contribution in [1.82, 2.24) is 5.32 Å². The summed E-state index contributed by atoms with van der Waals surface area (Å²) in [6, 6.07) is 5.39. The number of hydrogen-bond acceptors (Lipinski definition) is 4. The van der Waals surface area contributed by atoms with Gasteiger partial charge >= 0.3 is 6.61 Å². The van der Waals surface area contributed by atoms with Gasteiger partial charge in [-0.05, 0) is 56.5 Å². The van der Waals surface area contributed by atoms with Crippen LogP contribution in [0.1, 0.15) is 44.9 Å². The van der Waals surface area contributed by atoms with Gasteiger partial charge in [-0.2, -0.15) is 8.78 Å². The highest BCUT2D eigenvalue weighted by molar-refractivity contribution is 5.99. The second kappa shape index (κ2) is 10.8. The minimum absolute atomic E-state index is 0.0395. The molecule has 2 rings (SSSR count). The number of nitrogens with zero attached hydrogens (tertiary/aromatic N) is 1. The fourth-order valence-electron chi connectivity index (χ4n) is 3.12. The van der Waals surface area contributed by atoms with Crippen molar-refractivity contribution in [2.45, 2.75) is 57.6 Å². The van der Waals surface area contributed by atoms with Crippen LogP contribution in [0.25, 0.3) is 0 Å². The number of unbranched alkanes of at least 4 members (excludes halogenated alkanes) is 3. The standard InChI is InChI=1S/C19H27F2N3O3/c20-19(21)27-15-10-8-14(9-11-15)24-13-5-6-16(18(24)26)23-17(25)7-3-1-2-4-12-22/h8-11,16,19H,1-7,12-13,22H2,(H,23,25). The van der Waals surface area contributed by atoms with Gasteiger partial charge in [-0.15, -0.1) is 0 Å². The highest BCUT2D eigenvalue weighted by Crippen LogP contribution is 2.24. The molecule has 0 aliphatic carbocycles. The molecule has 0 spiro atoms. The fraction of sp³-hybridized carbons (Fsp3) is 0.579. The molecule has 1 unspecified atom stereocenters. The zero-order valence-electron chi connectivity index (χ0n) is 15.3. The van der Waals surface area contributed by atoms with E-state index in [9.17, 15) is 18.4 Å². The Kier molecular flexibility index (Phi) is 8.44. The Labute approximate surface area is 158 Å². The van der Waals surface area contributed by atoms with Gasteiger partial charge in [0.25, 0.3) is 0 Å². The molecule has 6 nitrogen and oxygen atoms in total. The molecular weight excluding hydrogens is 356 g/mol. The quantitative estimate of drug-likeness (QED) is 0.609. The molecule has 1 saturated heterocycles. The van der Waals surface area contributed by atoms with E-state index in [0.29, 0.717) is 31.6 Å². The van der Waals surface area contributed by atoms with Crippen LogP contribution in [0.5, 0.6) is 5.75 Å². The third-order valence-electron chi connectivity index (χ3n) is 4.51. The summed E-state index contributed by atoms with van der Waals surface area (Å²) in [5, 5.41) is 2.82. The van der Waals surface area contributed by atoms with Crippen LogP contribution in [-0.2, 0) is 9.59 Å². The first-order valence-electron chi connectivity index (χ1n) is 9.37. The van der Waals surface area contributed by atoms with Gasteiger partial charge in [0.2, 0.25) is 11.8 Å². The van der Waals surface area contributed by atoms with Crippen LogP contribution >= 0.6 is 0 Å². The number of carbonyl (C=O) groups is 2. The molecule has 27 heavy (non-hydrogen) atoms. The topological polar surface area (TPSA) is 84.7 Å². The van der Waals surface area contributed by atoms with Crippen LogP contribution in [0.3, 0.4) is 0 Å². The number of nitrogens with two attached hydrogens (primary N) is 1. The minimum Gasteiger partial charge on any atom is -0.435 e. The predicted octanol–water partition coefficient (Wildman–Crippen LogP) is 2.81. The molecule has 0 bridgehead atoms. The summed E-state index contributed by atoms with van der Waals surface area (Å²) in [6.07, 6.45) is 5.44. The van der Waals surface area contributed by atoms with Crippen molar-refractivity contribution in [2.75, 3.05) is 18.0 Å². The van der Waals surface area contributed by atoms with E-state index in [0.717, 1.165) is 32.1 Å². The summed E-state index contributed by atoms with van der Waals surface area (Å²) in [4.78, 5) is 26.3. The van der Waals surface area contributed by atoms with Crippen molar-refractivity contribution in [3.63, 3.8) is 0 Å². The Balaban J connectivity index is 1.86. The number of anilines is 1. The van der Waals surface area contributed by atoms with Gasteiger partial charge in [0.15, 0.2) is 0 Å². The van der Waals surface area contributed by atoms with E-state index in [-0.39, 0.29) is 17.6 Å². The molecule has 1 atom stereocenters. The number of alkyl halides is 2. The number of piperidine rings is 1. The van der Waals surface area contributed by atoms with E-state index < -0.39 is 12.7 Å². The first-order valence-corrected chi connectivity index (χ1v) is 9.37. The van der Waals surface area contributed by atoms with Gasteiger partial charge < -0.3 is 20.7 Å². The number of carbonyl (C=O) groups excluding carboxylic acids is 2. The number of hydrogen-bond donors (Lipinski definition) is 2. The van der Waals surface area contributed by atoms with E-state index >= 15 is 0 Å². The molecule has 0 saturated carbocycles. The SMILES string of the molecule is NCCCCCCC(=O)NC1CCCN(c2ccc(OC(F)F)cc2)C1=O. The molecule has 1 aliphatic rings. The van der Waals surface area contributed by atoms with Crippen LogP contribution in [0, 0.1) is 0 Å². The van der Waals surface area contributed by atoms with E-state index in [1.807, 2.05) is 0 Å². The largest absolute Gasteiger partial charge is 0.435 e. The van der Waals surface area contributed by atoms with Crippen molar-refractivity contribution in [1.29, 1.82) is 0 Å². The zero-order valence-corrected chi connectivity index (χ0v) is 15.3. The van der Waals surface area contributed by atoms with Crippen LogP contribution in [0.2, 0.25) is 0 Å². The van der Waals surface area contributed by atoms with E-state index in [2.05, 4.69) is 10.1 Å². The van der Waals surface area contributed by atoms with Gasteiger partial charge in [0.1, 0.15) is 11.8 Å². The van der Waals surface area contributed by atoms with Crippen LogP contribution < -0.4 is 20.7 Å². The average Bonchev–Trinajstić information content (AvgIpc) is 2.64. The van der Waals surface area contributed by atoms with E-state index in [1.54, 1.807) is 17.0 Å². The molecule has 3 N–H and O–H groups in total. The van der Waals surface area contributed by atoms with Crippen molar-refractivity contribution in [2.24, 2.45) is 5.73 Å². The Hall–Kier alpha value is -2.22. The zero-order chi connectivity index (χ0) is 19.6. The normalized spacial score (nSPS) is 17.3. The van der Waals surface area contributed by atoms with Crippen LogP contribution in [-0.4, -0.2) is 37.6 Å². The molecule has 0 radical (unpaired) electrons. The lowest BCUT2D eigenvalue weighted by Crippen LogP contribution is -2.52. The predicted molar refractivity (Wildman–Crippen MR) is 98.7 cm³/mol. The highest BCUT2D eigenvalue weighted by atomic mass is 19.3. The first-order chi connectivity index (χ1) is 13.0. The summed E-state index contributed by atoms with van der Waals surface area (Å²) in [5.74, 6) is -0.262. The number of halogens is 2. The lowest BCUT2D eigenvalue weighted by atomic mass is 10.0. The maximum absolute atomic E-state index is 12.7. The van der Waals surface area contributed by atoms with Gasteiger partial charge in [0, 0.05) is 18.7 Å². The Morgan fingerprint density at radius 3 is 2.59 bits per heavy atom. The minimum atomic E-state index is -2.89. The Bertz CT molecular complexity index is 611. The third-order valence-corrected chi connectivity index (χ3v) is 4.51. The first kappa shape index (κ1) is 21.1. The number of nitrogens with one attached hydrogen (secondary N) is 1. The molecule has 1 heterocycles. The third kappa shape index (κ3) is 6.78. The molecule has 1 fully saturated rings. The second-order valence-electron chi connectivity index (χ2n) is 6.58. The molecule has 0 aromatic heterocycles. The number of rotatable bonds is 10. The van der Waals surface area contributed by atoms with Crippen LogP contribution in [0.15, 0.2) is 24.3 Å². The van der Waals surface area contributed by atoms with Crippen molar-refractivity contribution >= 4 is 17.5 Å². The number of ether oxygens (including phenoxy) is 1. The second-order valence-corrected chi connectivity index (χ2v) is 6.58. The van der Waals surface area contributed by atoms with Crippen molar-refractivity contribution in [3.05, 3.63) is 24.3 Å². The molecule has 2 amide bonds. The monoisotopic (exact) mass is 383 g/mol. The highest BCUT2D eigenvalue weighted by Gasteiger charge is 2.30.